The highest BCUT2D eigenvalue weighted by Crippen LogP contribution is 2.17. The molecule has 2 aromatic rings. The van der Waals surface area contributed by atoms with E-state index in [-0.39, 0.29) is 5.82 Å². The Bertz CT molecular complexity index is 559. The van der Waals surface area contributed by atoms with Crippen molar-refractivity contribution < 1.29 is 9.13 Å². The summed E-state index contributed by atoms with van der Waals surface area (Å²) in [5.74, 6) is -0.254. The summed E-state index contributed by atoms with van der Waals surface area (Å²) in [5, 5.41) is 7.58. The van der Waals surface area contributed by atoms with E-state index in [0.29, 0.717) is 17.6 Å². The monoisotopic (exact) mass is 341 g/mol. The Morgan fingerprint density at radius 2 is 2.25 bits per heavy atom. The van der Waals surface area contributed by atoms with Crippen LogP contribution in [0.1, 0.15) is 11.3 Å². The molecule has 0 aliphatic heterocycles. The molecule has 0 aliphatic rings. The average Bonchev–Trinajstić information content (AvgIpc) is 2.86. The van der Waals surface area contributed by atoms with Crippen LogP contribution in [0, 0.1) is 5.82 Å². The van der Waals surface area contributed by atoms with E-state index in [1.54, 1.807) is 25.4 Å². The Hall–Kier alpha value is -1.24. The second-order valence-corrected chi connectivity index (χ2v) is 5.25. The first kappa shape index (κ1) is 15.2. The van der Waals surface area contributed by atoms with E-state index in [2.05, 4.69) is 26.3 Å². The van der Waals surface area contributed by atoms with Gasteiger partial charge in [-0.2, -0.15) is 5.10 Å². The lowest BCUT2D eigenvalue weighted by molar-refractivity contribution is 0.199. The van der Waals surface area contributed by atoms with E-state index < -0.39 is 0 Å². The van der Waals surface area contributed by atoms with Gasteiger partial charge in [-0.1, -0.05) is 6.07 Å². The van der Waals surface area contributed by atoms with Gasteiger partial charge in [0, 0.05) is 26.4 Å². The molecule has 0 bridgehead atoms. The zero-order valence-electron chi connectivity index (χ0n) is 11.3. The molecule has 0 amide bonds. The largest absolute Gasteiger partial charge is 0.383 e. The highest BCUT2D eigenvalue weighted by atomic mass is 79.9. The summed E-state index contributed by atoms with van der Waals surface area (Å²) in [5.41, 5.74) is 2.08. The van der Waals surface area contributed by atoms with Crippen molar-refractivity contribution in [1.82, 2.24) is 15.1 Å². The maximum Gasteiger partial charge on any atom is 0.137 e. The topological polar surface area (TPSA) is 39.1 Å². The van der Waals surface area contributed by atoms with Gasteiger partial charge >= 0.3 is 0 Å². The maximum absolute atomic E-state index is 13.2. The van der Waals surface area contributed by atoms with E-state index in [0.717, 1.165) is 24.3 Å². The van der Waals surface area contributed by atoms with Gasteiger partial charge in [-0.25, -0.2) is 4.39 Å². The van der Waals surface area contributed by atoms with Gasteiger partial charge in [0.1, 0.15) is 5.82 Å². The number of ether oxygens (including phenoxy) is 1. The number of methoxy groups -OCH3 is 1. The SMILES string of the molecule is COCCNCc1ccnn1Cc1ccc(F)c(Br)c1. The summed E-state index contributed by atoms with van der Waals surface area (Å²) in [6.07, 6.45) is 1.77. The number of benzene rings is 1. The van der Waals surface area contributed by atoms with Crippen molar-refractivity contribution >= 4 is 15.9 Å². The van der Waals surface area contributed by atoms with Crippen LogP contribution in [-0.4, -0.2) is 30.0 Å². The fourth-order valence-electron chi connectivity index (χ4n) is 1.85. The third kappa shape index (κ3) is 4.13. The minimum Gasteiger partial charge on any atom is -0.383 e. The molecule has 0 saturated heterocycles. The van der Waals surface area contributed by atoms with Crippen LogP contribution in [0.4, 0.5) is 4.39 Å². The third-order valence-electron chi connectivity index (χ3n) is 2.91. The number of nitrogens with one attached hydrogen (secondary N) is 1. The maximum atomic E-state index is 13.2. The molecular weight excluding hydrogens is 325 g/mol. The van der Waals surface area contributed by atoms with Gasteiger partial charge in [-0.15, -0.1) is 0 Å². The lowest BCUT2D eigenvalue weighted by Gasteiger charge is -2.09. The van der Waals surface area contributed by atoms with Crippen molar-refractivity contribution in [2.24, 2.45) is 0 Å². The van der Waals surface area contributed by atoms with Gasteiger partial charge < -0.3 is 10.1 Å². The number of hydrogen-bond acceptors (Lipinski definition) is 3. The summed E-state index contributed by atoms with van der Waals surface area (Å²) in [6, 6.07) is 6.97. The van der Waals surface area contributed by atoms with Crippen LogP contribution < -0.4 is 5.32 Å². The summed E-state index contributed by atoms with van der Waals surface area (Å²) in [4.78, 5) is 0. The van der Waals surface area contributed by atoms with E-state index in [1.807, 2.05) is 10.7 Å². The summed E-state index contributed by atoms with van der Waals surface area (Å²) in [6.45, 7) is 2.82. The Balaban J connectivity index is 1.99. The van der Waals surface area contributed by atoms with Gasteiger partial charge in [0.15, 0.2) is 0 Å². The van der Waals surface area contributed by atoms with E-state index in [9.17, 15) is 4.39 Å². The second kappa shape index (κ2) is 7.52. The van der Waals surface area contributed by atoms with Gasteiger partial charge in [0.05, 0.1) is 23.3 Å². The third-order valence-corrected chi connectivity index (χ3v) is 3.52. The zero-order valence-corrected chi connectivity index (χ0v) is 12.9. The Morgan fingerprint density at radius 1 is 1.40 bits per heavy atom. The van der Waals surface area contributed by atoms with Gasteiger partial charge in [-0.05, 0) is 39.7 Å². The first-order chi connectivity index (χ1) is 9.70. The van der Waals surface area contributed by atoms with Crippen LogP contribution >= 0.6 is 15.9 Å². The molecule has 0 radical (unpaired) electrons. The molecule has 1 aromatic heterocycles. The van der Waals surface area contributed by atoms with Crippen LogP contribution in [-0.2, 0) is 17.8 Å². The zero-order chi connectivity index (χ0) is 14.4. The Labute approximate surface area is 126 Å². The van der Waals surface area contributed by atoms with Crippen molar-refractivity contribution in [2.75, 3.05) is 20.3 Å². The highest BCUT2D eigenvalue weighted by molar-refractivity contribution is 9.10. The van der Waals surface area contributed by atoms with Crippen molar-refractivity contribution in [2.45, 2.75) is 13.1 Å². The summed E-state index contributed by atoms with van der Waals surface area (Å²) < 4.78 is 20.6. The molecule has 6 heteroatoms. The summed E-state index contributed by atoms with van der Waals surface area (Å²) in [7, 11) is 1.68. The van der Waals surface area contributed by atoms with Crippen LogP contribution in [0.2, 0.25) is 0 Å². The molecule has 20 heavy (non-hydrogen) atoms. The molecule has 0 aliphatic carbocycles. The van der Waals surface area contributed by atoms with E-state index >= 15 is 0 Å². The molecule has 1 N–H and O–H groups in total. The van der Waals surface area contributed by atoms with Crippen LogP contribution in [0.5, 0.6) is 0 Å². The van der Waals surface area contributed by atoms with Gasteiger partial charge in [0.2, 0.25) is 0 Å². The van der Waals surface area contributed by atoms with Crippen molar-refractivity contribution in [3.8, 4) is 0 Å². The van der Waals surface area contributed by atoms with Crippen molar-refractivity contribution in [3.05, 3.63) is 52.0 Å². The molecule has 108 valence electrons. The van der Waals surface area contributed by atoms with Crippen LogP contribution in [0.15, 0.2) is 34.9 Å². The standard InChI is InChI=1S/C14H17BrFN3O/c1-20-7-6-17-9-12-4-5-18-19(12)10-11-2-3-14(16)13(15)8-11/h2-5,8,17H,6-7,9-10H2,1H3. The molecule has 1 heterocycles. The predicted octanol–water partition coefficient (Wildman–Crippen LogP) is 2.57. The molecule has 1 aromatic carbocycles. The lowest BCUT2D eigenvalue weighted by Crippen LogP contribution is -2.21. The molecule has 0 atom stereocenters. The molecule has 0 fully saturated rings. The Kier molecular flexibility index (Phi) is 5.70. The normalized spacial score (nSPS) is 10.9. The molecular formula is C14H17BrFN3O. The lowest BCUT2D eigenvalue weighted by atomic mass is 10.2. The average molecular weight is 342 g/mol. The smallest absolute Gasteiger partial charge is 0.137 e. The number of rotatable bonds is 7. The molecule has 0 saturated carbocycles. The predicted molar refractivity (Wildman–Crippen MR) is 79.0 cm³/mol. The fraction of sp³-hybridized carbons (Fsp3) is 0.357. The molecule has 2 rings (SSSR count). The second-order valence-electron chi connectivity index (χ2n) is 4.40. The number of halogens is 2. The van der Waals surface area contributed by atoms with Gasteiger partial charge in [-0.3, -0.25) is 4.68 Å². The van der Waals surface area contributed by atoms with Gasteiger partial charge in [0.25, 0.3) is 0 Å². The summed E-state index contributed by atoms with van der Waals surface area (Å²) >= 11 is 3.20. The quantitative estimate of drug-likeness (QED) is 0.786. The number of hydrogen-bond donors (Lipinski definition) is 1. The van der Waals surface area contributed by atoms with Crippen molar-refractivity contribution in [3.63, 3.8) is 0 Å². The number of nitrogens with zero attached hydrogens (tertiary/aromatic N) is 2. The fourth-order valence-corrected chi connectivity index (χ4v) is 2.28. The molecule has 0 spiro atoms. The van der Waals surface area contributed by atoms with Crippen molar-refractivity contribution in [1.29, 1.82) is 0 Å². The van der Waals surface area contributed by atoms with E-state index in [1.165, 1.54) is 6.07 Å². The van der Waals surface area contributed by atoms with Crippen LogP contribution in [0.3, 0.4) is 0 Å². The van der Waals surface area contributed by atoms with E-state index in [4.69, 9.17) is 4.74 Å². The first-order valence-corrected chi connectivity index (χ1v) is 7.14. The molecule has 4 nitrogen and oxygen atoms in total. The molecule has 0 unspecified atom stereocenters. The number of aromatic nitrogens is 2. The Morgan fingerprint density at radius 3 is 3.00 bits per heavy atom. The minimum absolute atomic E-state index is 0.254. The first-order valence-electron chi connectivity index (χ1n) is 6.35. The highest BCUT2D eigenvalue weighted by Gasteiger charge is 2.05. The van der Waals surface area contributed by atoms with Crippen LogP contribution in [0.25, 0.3) is 0 Å². The minimum atomic E-state index is -0.254.